The van der Waals surface area contributed by atoms with E-state index in [1.54, 1.807) is 0 Å². The van der Waals surface area contributed by atoms with E-state index in [1.807, 2.05) is 12.3 Å². The Balaban J connectivity index is 2.02. The Kier molecular flexibility index (Phi) is 5.41. The molecule has 1 aliphatic rings. The molecule has 0 aromatic carbocycles. The lowest BCUT2D eigenvalue weighted by Gasteiger charge is -2.35. The Morgan fingerprint density at radius 1 is 1.25 bits per heavy atom. The number of piperidine rings is 1. The first-order chi connectivity index (χ1) is 9.58. The molecule has 1 aromatic rings. The van der Waals surface area contributed by atoms with Crippen molar-refractivity contribution in [3.8, 4) is 0 Å². The van der Waals surface area contributed by atoms with Crippen molar-refractivity contribution in [1.82, 2.24) is 10.3 Å². The summed E-state index contributed by atoms with van der Waals surface area (Å²) >= 11 is 0. The van der Waals surface area contributed by atoms with Crippen LogP contribution < -0.4 is 10.2 Å². The molecule has 0 bridgehead atoms. The number of hydrogen-bond acceptors (Lipinski definition) is 3. The van der Waals surface area contributed by atoms with Gasteiger partial charge in [0, 0.05) is 37.4 Å². The van der Waals surface area contributed by atoms with E-state index in [4.69, 9.17) is 0 Å². The normalized spacial score (nSPS) is 17.2. The molecule has 1 N–H and O–H groups in total. The van der Waals surface area contributed by atoms with Gasteiger partial charge in [-0.05, 0) is 30.7 Å². The Bertz CT molecular complexity index is 406. The fourth-order valence-corrected chi connectivity index (χ4v) is 2.95. The molecule has 1 aliphatic heterocycles. The van der Waals surface area contributed by atoms with E-state index >= 15 is 0 Å². The highest BCUT2D eigenvalue weighted by Gasteiger charge is 2.23. The van der Waals surface area contributed by atoms with E-state index in [9.17, 15) is 0 Å². The second-order valence-corrected chi connectivity index (χ2v) is 6.59. The van der Waals surface area contributed by atoms with Gasteiger partial charge in [-0.3, -0.25) is 0 Å². The molecule has 3 nitrogen and oxygen atoms in total. The second kappa shape index (κ2) is 7.07. The van der Waals surface area contributed by atoms with Gasteiger partial charge in [-0.25, -0.2) is 4.98 Å². The number of pyridine rings is 1. The SMILES string of the molecule is CC(C)NCc1cccnc1N1CCC(C(C)C)CC1. The molecule has 1 fully saturated rings. The summed E-state index contributed by atoms with van der Waals surface area (Å²) in [6.07, 6.45) is 4.51. The standard InChI is InChI=1S/C17H29N3/c1-13(2)15-7-10-20(11-8-15)17-16(6-5-9-18-17)12-19-14(3)4/h5-6,9,13-15,19H,7-8,10-12H2,1-4H3. The lowest BCUT2D eigenvalue weighted by Crippen LogP contribution is -2.36. The number of nitrogens with one attached hydrogen (secondary N) is 1. The molecule has 2 heterocycles. The summed E-state index contributed by atoms with van der Waals surface area (Å²) in [6, 6.07) is 4.75. The molecule has 3 heteroatoms. The molecule has 0 unspecified atom stereocenters. The van der Waals surface area contributed by atoms with Crippen molar-refractivity contribution in [2.75, 3.05) is 18.0 Å². The quantitative estimate of drug-likeness (QED) is 0.892. The summed E-state index contributed by atoms with van der Waals surface area (Å²) in [4.78, 5) is 7.10. The number of nitrogens with zero attached hydrogens (tertiary/aromatic N) is 2. The second-order valence-electron chi connectivity index (χ2n) is 6.59. The average molecular weight is 275 g/mol. The summed E-state index contributed by atoms with van der Waals surface area (Å²) in [5, 5.41) is 3.50. The minimum atomic E-state index is 0.509. The third kappa shape index (κ3) is 3.95. The van der Waals surface area contributed by atoms with Gasteiger partial charge >= 0.3 is 0 Å². The molecule has 0 amide bonds. The lowest BCUT2D eigenvalue weighted by atomic mass is 9.86. The fraction of sp³-hybridized carbons (Fsp3) is 0.706. The largest absolute Gasteiger partial charge is 0.356 e. The van der Waals surface area contributed by atoms with Gasteiger partial charge < -0.3 is 10.2 Å². The zero-order chi connectivity index (χ0) is 14.5. The third-order valence-electron chi connectivity index (χ3n) is 4.35. The van der Waals surface area contributed by atoms with Crippen LogP contribution in [0, 0.1) is 11.8 Å². The van der Waals surface area contributed by atoms with Crippen molar-refractivity contribution in [3.63, 3.8) is 0 Å². The molecule has 1 saturated heterocycles. The van der Waals surface area contributed by atoms with Crippen LogP contribution >= 0.6 is 0 Å². The van der Waals surface area contributed by atoms with Gasteiger partial charge in [0.15, 0.2) is 0 Å². The molecule has 0 atom stereocenters. The van der Waals surface area contributed by atoms with Crippen molar-refractivity contribution in [2.45, 2.75) is 53.1 Å². The van der Waals surface area contributed by atoms with E-state index in [0.717, 1.165) is 31.5 Å². The molecule has 2 rings (SSSR count). The highest BCUT2D eigenvalue weighted by atomic mass is 15.2. The monoisotopic (exact) mass is 275 g/mol. The van der Waals surface area contributed by atoms with Crippen molar-refractivity contribution < 1.29 is 0 Å². The Morgan fingerprint density at radius 3 is 2.55 bits per heavy atom. The Morgan fingerprint density at radius 2 is 1.95 bits per heavy atom. The maximum atomic E-state index is 4.64. The van der Waals surface area contributed by atoms with E-state index < -0.39 is 0 Å². The average Bonchev–Trinajstić information content (AvgIpc) is 2.45. The van der Waals surface area contributed by atoms with Crippen LogP contribution in [-0.4, -0.2) is 24.1 Å². The Hall–Kier alpha value is -1.09. The van der Waals surface area contributed by atoms with Crippen LogP contribution in [0.25, 0.3) is 0 Å². The molecule has 0 spiro atoms. The van der Waals surface area contributed by atoms with Gasteiger partial charge in [0.2, 0.25) is 0 Å². The summed E-state index contributed by atoms with van der Waals surface area (Å²) in [5.41, 5.74) is 1.32. The number of hydrogen-bond donors (Lipinski definition) is 1. The van der Waals surface area contributed by atoms with Gasteiger partial charge in [0.05, 0.1) is 0 Å². The van der Waals surface area contributed by atoms with E-state index in [1.165, 1.54) is 24.2 Å². The molecule has 0 aliphatic carbocycles. The molecular formula is C17H29N3. The number of aromatic nitrogens is 1. The van der Waals surface area contributed by atoms with Gasteiger partial charge in [0.25, 0.3) is 0 Å². The molecule has 112 valence electrons. The number of anilines is 1. The first-order valence-electron chi connectivity index (χ1n) is 8.00. The van der Waals surface area contributed by atoms with Crippen LogP contribution in [0.1, 0.15) is 46.1 Å². The van der Waals surface area contributed by atoms with Crippen LogP contribution in [-0.2, 0) is 6.54 Å². The summed E-state index contributed by atoms with van der Waals surface area (Å²) in [6.45, 7) is 12.3. The maximum Gasteiger partial charge on any atom is 0.133 e. The van der Waals surface area contributed by atoms with E-state index in [2.05, 4.69) is 49.0 Å². The predicted octanol–water partition coefficient (Wildman–Crippen LogP) is 3.45. The molecule has 0 radical (unpaired) electrons. The predicted molar refractivity (Wildman–Crippen MR) is 86.0 cm³/mol. The summed E-state index contributed by atoms with van der Waals surface area (Å²) < 4.78 is 0. The van der Waals surface area contributed by atoms with E-state index in [0.29, 0.717) is 6.04 Å². The topological polar surface area (TPSA) is 28.2 Å². The van der Waals surface area contributed by atoms with Gasteiger partial charge in [-0.2, -0.15) is 0 Å². The molecule has 0 saturated carbocycles. The fourth-order valence-electron chi connectivity index (χ4n) is 2.95. The van der Waals surface area contributed by atoms with Crippen LogP contribution in [0.15, 0.2) is 18.3 Å². The van der Waals surface area contributed by atoms with Crippen molar-refractivity contribution in [1.29, 1.82) is 0 Å². The molecule has 1 aromatic heterocycles. The molecule has 20 heavy (non-hydrogen) atoms. The highest BCUT2D eigenvalue weighted by Crippen LogP contribution is 2.28. The van der Waals surface area contributed by atoms with Crippen molar-refractivity contribution in [2.24, 2.45) is 11.8 Å². The van der Waals surface area contributed by atoms with Crippen molar-refractivity contribution in [3.05, 3.63) is 23.9 Å². The van der Waals surface area contributed by atoms with Crippen LogP contribution in [0.2, 0.25) is 0 Å². The minimum absolute atomic E-state index is 0.509. The first kappa shape index (κ1) is 15.3. The zero-order valence-corrected chi connectivity index (χ0v) is 13.4. The number of rotatable bonds is 5. The van der Waals surface area contributed by atoms with Gasteiger partial charge in [0.1, 0.15) is 5.82 Å². The van der Waals surface area contributed by atoms with E-state index in [-0.39, 0.29) is 0 Å². The zero-order valence-electron chi connectivity index (χ0n) is 13.4. The third-order valence-corrected chi connectivity index (χ3v) is 4.35. The maximum absolute atomic E-state index is 4.64. The van der Waals surface area contributed by atoms with Gasteiger partial charge in [-0.15, -0.1) is 0 Å². The van der Waals surface area contributed by atoms with Crippen LogP contribution in [0.3, 0.4) is 0 Å². The van der Waals surface area contributed by atoms with Gasteiger partial charge in [-0.1, -0.05) is 33.8 Å². The Labute approximate surface area is 123 Å². The lowest BCUT2D eigenvalue weighted by molar-refractivity contribution is 0.310. The molecular weight excluding hydrogens is 246 g/mol. The summed E-state index contributed by atoms with van der Waals surface area (Å²) in [7, 11) is 0. The van der Waals surface area contributed by atoms with Crippen molar-refractivity contribution >= 4 is 5.82 Å². The summed E-state index contributed by atoms with van der Waals surface area (Å²) in [5.74, 6) is 2.87. The first-order valence-corrected chi connectivity index (χ1v) is 8.00. The van der Waals surface area contributed by atoms with Crippen LogP contribution in [0.5, 0.6) is 0 Å². The minimum Gasteiger partial charge on any atom is -0.356 e. The highest BCUT2D eigenvalue weighted by molar-refractivity contribution is 5.47. The smallest absolute Gasteiger partial charge is 0.133 e. The van der Waals surface area contributed by atoms with Crippen LogP contribution in [0.4, 0.5) is 5.82 Å².